The average molecular weight is 720 g/mol. The molecule has 0 N–H and O–H groups in total. The SMILES string of the molecule is c1ccc(-c2ccc(N(c3ccc(-c4ccc5ccc6oc7ccccc7c6c5c4)cc3)c3ccc(-c4cccc5c4sc4ccccc45)cc3)cc2)cc1. The van der Waals surface area contributed by atoms with E-state index in [2.05, 4.69) is 193 Å². The summed E-state index contributed by atoms with van der Waals surface area (Å²) in [6, 6.07) is 72.2. The second-order valence-electron chi connectivity index (χ2n) is 14.1. The van der Waals surface area contributed by atoms with Gasteiger partial charge in [-0.05, 0) is 105 Å². The maximum atomic E-state index is 6.22. The largest absolute Gasteiger partial charge is 0.456 e. The van der Waals surface area contributed by atoms with Gasteiger partial charge in [-0.1, -0.05) is 140 Å². The fourth-order valence-electron chi connectivity index (χ4n) is 8.17. The minimum absolute atomic E-state index is 0.918. The molecule has 11 rings (SSSR count). The van der Waals surface area contributed by atoms with Crippen molar-refractivity contribution in [1.29, 1.82) is 0 Å². The Hall–Kier alpha value is -6.94. The van der Waals surface area contributed by atoms with E-state index < -0.39 is 0 Å². The van der Waals surface area contributed by atoms with Gasteiger partial charge in [-0.2, -0.15) is 0 Å². The molecule has 0 aliphatic rings. The molecule has 2 heterocycles. The van der Waals surface area contributed by atoms with E-state index in [1.807, 2.05) is 23.5 Å². The van der Waals surface area contributed by atoms with E-state index >= 15 is 0 Å². The number of fused-ring (bicyclic) bond motifs is 8. The van der Waals surface area contributed by atoms with Crippen LogP contribution in [0.15, 0.2) is 205 Å². The Bertz CT molecular complexity index is 3170. The van der Waals surface area contributed by atoms with E-state index in [-0.39, 0.29) is 0 Å². The molecule has 0 amide bonds. The second-order valence-corrected chi connectivity index (χ2v) is 15.1. The summed E-state index contributed by atoms with van der Waals surface area (Å²) in [7, 11) is 0. The van der Waals surface area contributed by atoms with Crippen LogP contribution in [0.4, 0.5) is 17.1 Å². The maximum absolute atomic E-state index is 6.22. The zero-order chi connectivity index (χ0) is 36.3. The number of hydrogen-bond acceptors (Lipinski definition) is 3. The number of benzene rings is 9. The normalized spacial score (nSPS) is 11.6. The van der Waals surface area contributed by atoms with E-state index in [0.29, 0.717) is 0 Å². The summed E-state index contributed by atoms with van der Waals surface area (Å²) < 4.78 is 8.87. The molecule has 55 heavy (non-hydrogen) atoms. The van der Waals surface area contributed by atoms with Crippen LogP contribution >= 0.6 is 11.3 Å². The standard InChI is InChI=1S/C52H33NOS/c1-2-9-34(10-3-1)35-19-26-40(27-20-35)53(42-30-23-37(24-31-42)43-13-8-14-45-44-11-5-7-16-50(44)55-52(43)45)41-28-21-36(22-29-41)39-18-17-38-25-32-49-51(47(38)33-39)46-12-4-6-15-48(46)54-49/h1-33H. The van der Waals surface area contributed by atoms with Gasteiger partial charge in [-0.25, -0.2) is 0 Å². The predicted molar refractivity (Wildman–Crippen MR) is 235 cm³/mol. The van der Waals surface area contributed by atoms with Gasteiger partial charge in [0.2, 0.25) is 0 Å². The van der Waals surface area contributed by atoms with Crippen LogP contribution in [0, 0.1) is 0 Å². The Morgan fingerprint density at radius 3 is 1.67 bits per heavy atom. The first-order valence-corrected chi connectivity index (χ1v) is 19.5. The Morgan fingerprint density at radius 1 is 0.364 bits per heavy atom. The highest BCUT2D eigenvalue weighted by Crippen LogP contribution is 2.42. The summed E-state index contributed by atoms with van der Waals surface area (Å²) in [6.07, 6.45) is 0. The van der Waals surface area contributed by atoms with Crippen LogP contribution in [-0.4, -0.2) is 0 Å². The fourth-order valence-corrected chi connectivity index (χ4v) is 9.41. The number of rotatable bonds is 6. The highest BCUT2D eigenvalue weighted by Gasteiger charge is 2.16. The molecule has 0 aliphatic heterocycles. The predicted octanol–water partition coefficient (Wildman–Crippen LogP) is 15.6. The molecule has 11 aromatic rings. The van der Waals surface area contributed by atoms with Crippen LogP contribution in [0.25, 0.3) is 86.3 Å². The third kappa shape index (κ3) is 5.40. The van der Waals surface area contributed by atoms with E-state index in [1.165, 1.54) is 69.7 Å². The van der Waals surface area contributed by atoms with Gasteiger partial charge in [0, 0.05) is 48.0 Å². The smallest absolute Gasteiger partial charge is 0.136 e. The first-order valence-electron chi connectivity index (χ1n) is 18.7. The molecule has 0 atom stereocenters. The lowest BCUT2D eigenvalue weighted by molar-refractivity contribution is 0.669. The minimum Gasteiger partial charge on any atom is -0.456 e. The molecule has 2 nitrogen and oxygen atoms in total. The first kappa shape index (κ1) is 31.6. The van der Waals surface area contributed by atoms with Crippen molar-refractivity contribution in [3.63, 3.8) is 0 Å². The van der Waals surface area contributed by atoms with Crippen molar-refractivity contribution in [2.45, 2.75) is 0 Å². The zero-order valence-corrected chi connectivity index (χ0v) is 30.6. The van der Waals surface area contributed by atoms with Crippen molar-refractivity contribution < 1.29 is 4.42 Å². The molecular weight excluding hydrogens is 687 g/mol. The van der Waals surface area contributed by atoms with Gasteiger partial charge in [-0.15, -0.1) is 11.3 Å². The van der Waals surface area contributed by atoms with Crippen LogP contribution in [0.5, 0.6) is 0 Å². The molecule has 3 heteroatoms. The summed E-state index contributed by atoms with van der Waals surface area (Å²) in [6.45, 7) is 0. The van der Waals surface area contributed by atoms with Crippen LogP contribution in [0.1, 0.15) is 0 Å². The molecule has 2 aromatic heterocycles. The van der Waals surface area contributed by atoms with Crippen molar-refractivity contribution in [3.8, 4) is 33.4 Å². The lowest BCUT2D eigenvalue weighted by Gasteiger charge is -2.26. The Kier molecular flexibility index (Phi) is 7.39. The van der Waals surface area contributed by atoms with Crippen molar-refractivity contribution >= 4 is 81.3 Å². The van der Waals surface area contributed by atoms with Crippen molar-refractivity contribution in [2.24, 2.45) is 0 Å². The molecule has 0 saturated heterocycles. The van der Waals surface area contributed by atoms with Gasteiger partial charge >= 0.3 is 0 Å². The number of thiophene rings is 1. The van der Waals surface area contributed by atoms with Crippen LogP contribution in [0.3, 0.4) is 0 Å². The van der Waals surface area contributed by atoms with E-state index in [1.54, 1.807) is 0 Å². The number of furan rings is 1. The molecule has 0 unspecified atom stereocenters. The van der Waals surface area contributed by atoms with Crippen LogP contribution in [0.2, 0.25) is 0 Å². The van der Waals surface area contributed by atoms with Gasteiger partial charge in [0.25, 0.3) is 0 Å². The highest BCUT2D eigenvalue weighted by molar-refractivity contribution is 7.26. The van der Waals surface area contributed by atoms with Gasteiger partial charge < -0.3 is 9.32 Å². The van der Waals surface area contributed by atoms with Gasteiger partial charge in [0.15, 0.2) is 0 Å². The van der Waals surface area contributed by atoms with Crippen LogP contribution in [-0.2, 0) is 0 Å². The summed E-state index contributed by atoms with van der Waals surface area (Å²) in [5.41, 5.74) is 12.4. The molecule has 0 saturated carbocycles. The van der Waals surface area contributed by atoms with E-state index in [9.17, 15) is 0 Å². The zero-order valence-electron chi connectivity index (χ0n) is 29.8. The second kappa shape index (κ2) is 12.9. The number of anilines is 3. The van der Waals surface area contributed by atoms with Crippen molar-refractivity contribution in [3.05, 3.63) is 200 Å². The quantitative estimate of drug-likeness (QED) is 0.170. The minimum atomic E-state index is 0.918. The monoisotopic (exact) mass is 719 g/mol. The third-order valence-corrected chi connectivity index (χ3v) is 12.1. The molecule has 0 aliphatic carbocycles. The summed E-state index contributed by atoms with van der Waals surface area (Å²) in [5, 5.41) is 7.37. The van der Waals surface area contributed by atoms with Crippen LogP contribution < -0.4 is 4.90 Å². The van der Waals surface area contributed by atoms with Crippen molar-refractivity contribution in [1.82, 2.24) is 0 Å². The van der Waals surface area contributed by atoms with Crippen molar-refractivity contribution in [2.75, 3.05) is 4.90 Å². The number of hydrogen-bond donors (Lipinski definition) is 0. The lowest BCUT2D eigenvalue weighted by atomic mass is 9.98. The molecule has 9 aromatic carbocycles. The molecule has 0 radical (unpaired) electrons. The molecule has 0 spiro atoms. The third-order valence-electron chi connectivity index (χ3n) is 10.9. The van der Waals surface area contributed by atoms with E-state index in [4.69, 9.17) is 4.42 Å². The topological polar surface area (TPSA) is 16.4 Å². The number of para-hydroxylation sites is 1. The first-order chi connectivity index (χ1) is 27.2. The summed E-state index contributed by atoms with van der Waals surface area (Å²) >= 11 is 1.87. The highest BCUT2D eigenvalue weighted by atomic mass is 32.1. The van der Waals surface area contributed by atoms with Gasteiger partial charge in [0.1, 0.15) is 11.2 Å². The Balaban J connectivity index is 0.990. The van der Waals surface area contributed by atoms with Gasteiger partial charge in [-0.3, -0.25) is 0 Å². The Morgan fingerprint density at radius 2 is 0.927 bits per heavy atom. The average Bonchev–Trinajstić information content (AvgIpc) is 3.84. The summed E-state index contributed by atoms with van der Waals surface area (Å²) in [4.78, 5) is 2.35. The Labute approximate surface area is 322 Å². The summed E-state index contributed by atoms with van der Waals surface area (Å²) in [5.74, 6) is 0. The maximum Gasteiger partial charge on any atom is 0.136 e. The molecule has 0 bridgehead atoms. The molecule has 258 valence electrons. The van der Waals surface area contributed by atoms with E-state index in [0.717, 1.165) is 33.6 Å². The van der Waals surface area contributed by atoms with Gasteiger partial charge in [0.05, 0.1) is 0 Å². The number of nitrogens with zero attached hydrogens (tertiary/aromatic N) is 1. The fraction of sp³-hybridized carbons (Fsp3) is 0. The lowest BCUT2D eigenvalue weighted by Crippen LogP contribution is -2.09. The molecular formula is C52H33NOS. The molecule has 0 fully saturated rings.